The molecule has 0 spiro atoms. The highest BCUT2D eigenvalue weighted by atomic mass is 32.2. The number of likely N-dealkylation sites (tertiary alicyclic amines) is 1. The first-order valence-corrected chi connectivity index (χ1v) is 7.53. The fourth-order valence-electron chi connectivity index (χ4n) is 2.83. The Hall–Kier alpha value is -0.510. The summed E-state index contributed by atoms with van der Waals surface area (Å²) in [6.45, 7) is 1.98. The van der Waals surface area contributed by atoms with Crippen LogP contribution in [0.1, 0.15) is 24.4 Å². The van der Waals surface area contributed by atoms with E-state index in [4.69, 9.17) is 5.73 Å². The van der Waals surface area contributed by atoms with Crippen LogP contribution in [0.15, 0.2) is 29.2 Å². The lowest BCUT2D eigenvalue weighted by Crippen LogP contribution is -2.39. The Balaban J connectivity index is 2.21. The Labute approximate surface area is 109 Å². The van der Waals surface area contributed by atoms with E-state index in [2.05, 4.69) is 42.5 Å². The second-order valence-electron chi connectivity index (χ2n) is 4.84. The molecule has 2 N–H and O–H groups in total. The van der Waals surface area contributed by atoms with E-state index in [1.54, 1.807) is 11.8 Å². The Bertz CT molecular complexity index is 350. The minimum Gasteiger partial charge on any atom is -0.330 e. The van der Waals surface area contributed by atoms with Crippen molar-refractivity contribution < 1.29 is 0 Å². The largest absolute Gasteiger partial charge is 0.330 e. The zero-order valence-electron chi connectivity index (χ0n) is 10.7. The van der Waals surface area contributed by atoms with Gasteiger partial charge in [-0.15, -0.1) is 11.8 Å². The molecule has 1 fully saturated rings. The molecular formula is C14H22N2S. The van der Waals surface area contributed by atoms with Crippen molar-refractivity contribution in [3.8, 4) is 0 Å². The Kier molecular flexibility index (Phi) is 4.48. The number of rotatable bonds is 3. The predicted octanol–water partition coefficient (Wildman–Crippen LogP) is 2.75. The van der Waals surface area contributed by atoms with Gasteiger partial charge >= 0.3 is 0 Å². The van der Waals surface area contributed by atoms with E-state index in [-0.39, 0.29) is 0 Å². The quantitative estimate of drug-likeness (QED) is 0.836. The number of nitrogens with zero attached hydrogens (tertiary/aromatic N) is 1. The maximum Gasteiger partial charge on any atom is 0.0385 e. The van der Waals surface area contributed by atoms with Crippen LogP contribution in [0.2, 0.25) is 0 Å². The van der Waals surface area contributed by atoms with Crippen LogP contribution in [-0.4, -0.2) is 31.3 Å². The van der Waals surface area contributed by atoms with Gasteiger partial charge < -0.3 is 5.73 Å². The van der Waals surface area contributed by atoms with Crippen LogP contribution in [0.3, 0.4) is 0 Å². The zero-order chi connectivity index (χ0) is 12.3. The van der Waals surface area contributed by atoms with Crippen molar-refractivity contribution in [3.05, 3.63) is 29.8 Å². The van der Waals surface area contributed by atoms with Crippen molar-refractivity contribution >= 4 is 11.8 Å². The molecule has 94 valence electrons. The molecule has 0 aromatic heterocycles. The highest BCUT2D eigenvalue weighted by molar-refractivity contribution is 7.98. The van der Waals surface area contributed by atoms with Gasteiger partial charge in [-0.05, 0) is 62.8 Å². The molecule has 0 radical (unpaired) electrons. The van der Waals surface area contributed by atoms with Crippen LogP contribution in [-0.2, 0) is 0 Å². The molecule has 1 saturated heterocycles. The van der Waals surface area contributed by atoms with E-state index < -0.39 is 0 Å². The van der Waals surface area contributed by atoms with Crippen LogP contribution >= 0.6 is 11.8 Å². The number of hydrogen-bond donors (Lipinski definition) is 1. The number of thioether (sulfide) groups is 1. The molecule has 0 amide bonds. The monoisotopic (exact) mass is 250 g/mol. The smallest absolute Gasteiger partial charge is 0.0385 e. The van der Waals surface area contributed by atoms with E-state index in [0.717, 1.165) is 6.54 Å². The van der Waals surface area contributed by atoms with E-state index in [1.165, 1.54) is 29.8 Å². The van der Waals surface area contributed by atoms with Crippen LogP contribution in [0.25, 0.3) is 0 Å². The summed E-state index contributed by atoms with van der Waals surface area (Å²) in [5.41, 5.74) is 7.34. The fraction of sp³-hybridized carbons (Fsp3) is 0.571. The lowest BCUT2D eigenvalue weighted by molar-refractivity contribution is 0.125. The highest BCUT2D eigenvalue weighted by Gasteiger charge is 2.29. The van der Waals surface area contributed by atoms with Crippen molar-refractivity contribution in [1.29, 1.82) is 0 Å². The van der Waals surface area contributed by atoms with E-state index in [0.29, 0.717) is 12.0 Å². The molecule has 2 unspecified atom stereocenters. The van der Waals surface area contributed by atoms with Crippen molar-refractivity contribution in [2.75, 3.05) is 26.4 Å². The minimum absolute atomic E-state index is 0.504. The van der Waals surface area contributed by atoms with Gasteiger partial charge in [0.2, 0.25) is 0 Å². The molecule has 17 heavy (non-hydrogen) atoms. The summed E-state index contributed by atoms with van der Waals surface area (Å²) in [6, 6.07) is 9.47. The van der Waals surface area contributed by atoms with Gasteiger partial charge in [-0.3, -0.25) is 4.90 Å². The van der Waals surface area contributed by atoms with Crippen LogP contribution in [0, 0.1) is 5.92 Å². The molecule has 1 aromatic rings. The van der Waals surface area contributed by atoms with Gasteiger partial charge in [0, 0.05) is 10.9 Å². The van der Waals surface area contributed by atoms with Gasteiger partial charge in [0.05, 0.1) is 0 Å². The second kappa shape index (κ2) is 5.89. The summed E-state index contributed by atoms with van der Waals surface area (Å²) < 4.78 is 0. The Morgan fingerprint density at radius 3 is 2.65 bits per heavy atom. The summed E-state index contributed by atoms with van der Waals surface area (Å²) >= 11 is 1.79. The standard InChI is InChI=1S/C14H22N2S/c1-16-9-3-4-12(10-15)14(16)11-5-7-13(17-2)8-6-11/h5-8,12,14H,3-4,9-10,15H2,1-2H3. The van der Waals surface area contributed by atoms with Gasteiger partial charge in [0.1, 0.15) is 0 Å². The molecule has 0 aliphatic carbocycles. The molecule has 1 aliphatic heterocycles. The summed E-state index contributed by atoms with van der Waals surface area (Å²) in [4.78, 5) is 3.78. The highest BCUT2D eigenvalue weighted by Crippen LogP contribution is 2.34. The van der Waals surface area contributed by atoms with Crippen molar-refractivity contribution in [2.45, 2.75) is 23.8 Å². The summed E-state index contributed by atoms with van der Waals surface area (Å²) in [7, 11) is 2.22. The number of nitrogens with two attached hydrogens (primary N) is 1. The molecule has 2 atom stereocenters. The molecule has 1 aromatic carbocycles. The summed E-state index contributed by atoms with van der Waals surface area (Å²) in [5, 5.41) is 0. The lowest BCUT2D eigenvalue weighted by atomic mass is 9.85. The maximum absolute atomic E-state index is 5.92. The average Bonchev–Trinajstić information content (AvgIpc) is 2.38. The van der Waals surface area contributed by atoms with Crippen molar-refractivity contribution in [3.63, 3.8) is 0 Å². The van der Waals surface area contributed by atoms with Crippen LogP contribution in [0.4, 0.5) is 0 Å². The van der Waals surface area contributed by atoms with Gasteiger partial charge in [-0.2, -0.15) is 0 Å². The van der Waals surface area contributed by atoms with Crippen LogP contribution < -0.4 is 5.73 Å². The first-order chi connectivity index (χ1) is 8.26. The minimum atomic E-state index is 0.504. The Morgan fingerprint density at radius 2 is 2.06 bits per heavy atom. The van der Waals surface area contributed by atoms with Gasteiger partial charge in [-0.25, -0.2) is 0 Å². The summed E-state index contributed by atoms with van der Waals surface area (Å²) in [5.74, 6) is 0.605. The van der Waals surface area contributed by atoms with E-state index >= 15 is 0 Å². The number of piperidine rings is 1. The fourth-order valence-corrected chi connectivity index (χ4v) is 3.24. The van der Waals surface area contributed by atoms with Crippen LogP contribution in [0.5, 0.6) is 0 Å². The first-order valence-electron chi connectivity index (χ1n) is 6.30. The molecule has 1 heterocycles. The van der Waals surface area contributed by atoms with Gasteiger partial charge in [-0.1, -0.05) is 12.1 Å². The molecule has 2 nitrogen and oxygen atoms in total. The molecule has 0 bridgehead atoms. The second-order valence-corrected chi connectivity index (χ2v) is 5.72. The molecule has 2 rings (SSSR count). The zero-order valence-corrected chi connectivity index (χ0v) is 11.5. The average molecular weight is 250 g/mol. The van der Waals surface area contributed by atoms with Gasteiger partial charge in [0.25, 0.3) is 0 Å². The molecule has 1 aliphatic rings. The summed E-state index contributed by atoms with van der Waals surface area (Å²) in [6.07, 6.45) is 4.65. The van der Waals surface area contributed by atoms with E-state index in [9.17, 15) is 0 Å². The molecular weight excluding hydrogens is 228 g/mol. The first kappa shape index (κ1) is 12.9. The lowest BCUT2D eigenvalue weighted by Gasteiger charge is -2.39. The third kappa shape index (κ3) is 2.84. The SMILES string of the molecule is CSc1ccc(C2C(CN)CCCN2C)cc1. The van der Waals surface area contributed by atoms with Crippen molar-refractivity contribution in [2.24, 2.45) is 11.7 Å². The molecule has 0 saturated carbocycles. The molecule has 3 heteroatoms. The normalized spacial score (nSPS) is 26.1. The maximum atomic E-state index is 5.92. The topological polar surface area (TPSA) is 29.3 Å². The third-order valence-corrected chi connectivity index (χ3v) is 4.51. The third-order valence-electron chi connectivity index (χ3n) is 3.77. The number of benzene rings is 1. The Morgan fingerprint density at radius 1 is 1.35 bits per heavy atom. The number of hydrogen-bond acceptors (Lipinski definition) is 3. The van der Waals surface area contributed by atoms with E-state index in [1.807, 2.05) is 0 Å². The van der Waals surface area contributed by atoms with Gasteiger partial charge in [0.15, 0.2) is 0 Å². The van der Waals surface area contributed by atoms with Crippen molar-refractivity contribution in [1.82, 2.24) is 4.90 Å². The predicted molar refractivity (Wildman–Crippen MR) is 75.4 cm³/mol.